The van der Waals surface area contributed by atoms with E-state index in [0.717, 1.165) is 95.1 Å². The molecule has 2 aliphatic rings. The number of nitrogens with one attached hydrogen (secondary N) is 1. The van der Waals surface area contributed by atoms with Crippen molar-refractivity contribution >= 4 is 47.2 Å². The minimum atomic E-state index is 0. The van der Waals surface area contributed by atoms with Gasteiger partial charge < -0.3 is 19.9 Å². The molecule has 0 amide bonds. The van der Waals surface area contributed by atoms with Gasteiger partial charge in [0.05, 0.1) is 17.3 Å². The Morgan fingerprint density at radius 3 is 2.70 bits per heavy atom. The maximum Gasteiger partial charge on any atom is 0.193 e. The summed E-state index contributed by atoms with van der Waals surface area (Å²) in [5.74, 6) is 1.64. The van der Waals surface area contributed by atoms with Crippen molar-refractivity contribution in [2.45, 2.75) is 19.8 Å². The summed E-state index contributed by atoms with van der Waals surface area (Å²) in [7, 11) is 2.13. The van der Waals surface area contributed by atoms with E-state index in [1.165, 1.54) is 0 Å². The first-order valence-electron chi connectivity index (χ1n) is 11.0. The van der Waals surface area contributed by atoms with E-state index >= 15 is 0 Å². The van der Waals surface area contributed by atoms with E-state index in [4.69, 9.17) is 21.3 Å². The van der Waals surface area contributed by atoms with Gasteiger partial charge in [0.1, 0.15) is 0 Å². The summed E-state index contributed by atoms with van der Waals surface area (Å²) in [4.78, 5) is 12.0. The quantitative estimate of drug-likeness (QED) is 0.233. The zero-order valence-electron chi connectivity index (χ0n) is 18.4. The molecule has 170 valence electrons. The molecule has 6 nitrogen and oxygen atoms in total. The van der Waals surface area contributed by atoms with Crippen molar-refractivity contribution in [2.75, 3.05) is 77.5 Å². The Hall–Kier alpha value is -0.770. The average Bonchev–Trinajstić information content (AvgIpc) is 3.24. The highest BCUT2D eigenvalue weighted by molar-refractivity contribution is 14.0. The topological polar surface area (TPSA) is 43.3 Å². The number of guanidine groups is 1. The summed E-state index contributed by atoms with van der Waals surface area (Å²) in [6.07, 6.45) is 2.24. The number of nitrogens with zero attached hydrogens (tertiary/aromatic N) is 4. The molecule has 1 atom stereocenters. The van der Waals surface area contributed by atoms with E-state index in [0.29, 0.717) is 5.92 Å². The zero-order valence-corrected chi connectivity index (χ0v) is 21.4. The Kier molecular flexibility index (Phi) is 11.6. The number of hydrogen-bond donors (Lipinski definition) is 1. The summed E-state index contributed by atoms with van der Waals surface area (Å²) < 4.78 is 5.50. The summed E-state index contributed by atoms with van der Waals surface area (Å²) >= 11 is 6.34. The van der Waals surface area contributed by atoms with Gasteiger partial charge in [0, 0.05) is 71.9 Å². The van der Waals surface area contributed by atoms with Crippen LogP contribution in [0.15, 0.2) is 29.3 Å². The number of benzene rings is 1. The van der Waals surface area contributed by atoms with Gasteiger partial charge in [0.15, 0.2) is 5.96 Å². The Bertz CT molecular complexity index is 648. The second kappa shape index (κ2) is 13.6. The van der Waals surface area contributed by atoms with Crippen LogP contribution in [0, 0.1) is 5.92 Å². The van der Waals surface area contributed by atoms with Crippen LogP contribution in [0.3, 0.4) is 0 Å². The van der Waals surface area contributed by atoms with Crippen molar-refractivity contribution in [2.24, 2.45) is 10.9 Å². The van der Waals surface area contributed by atoms with Gasteiger partial charge in [0.2, 0.25) is 0 Å². The molecule has 8 heteroatoms. The van der Waals surface area contributed by atoms with Crippen LogP contribution in [0.4, 0.5) is 5.69 Å². The van der Waals surface area contributed by atoms with Crippen molar-refractivity contribution in [1.29, 1.82) is 0 Å². The first-order valence-corrected chi connectivity index (χ1v) is 11.3. The van der Waals surface area contributed by atoms with Crippen molar-refractivity contribution in [3.63, 3.8) is 0 Å². The van der Waals surface area contributed by atoms with E-state index < -0.39 is 0 Å². The fourth-order valence-corrected chi connectivity index (χ4v) is 4.33. The molecule has 1 aromatic carbocycles. The van der Waals surface area contributed by atoms with Crippen LogP contribution in [-0.2, 0) is 4.74 Å². The molecular formula is C22H37ClIN5O. The zero-order chi connectivity index (χ0) is 20.5. The van der Waals surface area contributed by atoms with Crippen LogP contribution in [0.5, 0.6) is 0 Å². The monoisotopic (exact) mass is 549 g/mol. The number of halogens is 2. The number of hydrogen-bond acceptors (Lipinski definition) is 4. The van der Waals surface area contributed by atoms with Gasteiger partial charge in [-0.2, -0.15) is 0 Å². The second-order valence-corrected chi connectivity index (χ2v) is 8.39. The van der Waals surface area contributed by atoms with Gasteiger partial charge in [-0.05, 0) is 31.9 Å². The molecule has 1 N–H and O–H groups in total. The minimum absolute atomic E-state index is 0. The predicted molar refractivity (Wildman–Crippen MR) is 138 cm³/mol. The largest absolute Gasteiger partial charge is 0.381 e. The highest BCUT2D eigenvalue weighted by atomic mass is 127. The van der Waals surface area contributed by atoms with Crippen molar-refractivity contribution in [1.82, 2.24) is 15.1 Å². The SMILES string of the molecule is CCNC(=NCCCN1CCN(c2ccccc2Cl)CC1)N(C)CC1CCOC1.I. The Morgan fingerprint density at radius 2 is 2.03 bits per heavy atom. The third kappa shape index (κ3) is 7.73. The molecule has 0 aromatic heterocycles. The summed E-state index contributed by atoms with van der Waals surface area (Å²) in [6.45, 7) is 12.0. The van der Waals surface area contributed by atoms with Crippen molar-refractivity contribution in [3.05, 3.63) is 29.3 Å². The van der Waals surface area contributed by atoms with Gasteiger partial charge in [-0.3, -0.25) is 9.89 Å². The molecule has 2 fully saturated rings. The Labute approximate surface area is 204 Å². The fourth-order valence-electron chi connectivity index (χ4n) is 4.07. The molecule has 2 heterocycles. The molecule has 30 heavy (non-hydrogen) atoms. The second-order valence-electron chi connectivity index (χ2n) is 7.98. The predicted octanol–water partition coefficient (Wildman–Crippen LogP) is 3.40. The van der Waals surface area contributed by atoms with E-state index in [1.807, 2.05) is 12.1 Å². The van der Waals surface area contributed by atoms with Gasteiger partial charge in [-0.25, -0.2) is 0 Å². The molecule has 3 rings (SSSR count). The molecule has 0 spiro atoms. The first kappa shape index (κ1) is 25.5. The Morgan fingerprint density at radius 1 is 1.27 bits per heavy atom. The van der Waals surface area contributed by atoms with Crippen LogP contribution >= 0.6 is 35.6 Å². The van der Waals surface area contributed by atoms with Crippen LogP contribution in [-0.4, -0.2) is 88.4 Å². The number of aliphatic imine (C=N–C) groups is 1. The molecule has 2 aliphatic heterocycles. The van der Waals surface area contributed by atoms with Gasteiger partial charge >= 0.3 is 0 Å². The first-order chi connectivity index (χ1) is 14.2. The van der Waals surface area contributed by atoms with E-state index in [1.54, 1.807) is 0 Å². The third-order valence-corrected chi connectivity index (χ3v) is 6.03. The molecule has 1 unspecified atom stereocenters. The summed E-state index contributed by atoms with van der Waals surface area (Å²) in [5.41, 5.74) is 1.16. The number of piperazine rings is 1. The molecule has 0 radical (unpaired) electrons. The van der Waals surface area contributed by atoms with Crippen molar-refractivity contribution < 1.29 is 4.74 Å². The highest BCUT2D eigenvalue weighted by Crippen LogP contribution is 2.26. The lowest BCUT2D eigenvalue weighted by molar-refractivity contribution is 0.181. The molecule has 0 aliphatic carbocycles. The number of rotatable bonds is 8. The molecule has 1 aromatic rings. The van der Waals surface area contributed by atoms with Gasteiger partial charge in [-0.1, -0.05) is 23.7 Å². The lowest BCUT2D eigenvalue weighted by Crippen LogP contribution is -2.46. The maximum absolute atomic E-state index is 6.34. The van der Waals surface area contributed by atoms with Crippen molar-refractivity contribution in [3.8, 4) is 0 Å². The standard InChI is InChI=1S/C22H36ClN5O.HI/c1-3-24-22(26(2)17-19-9-16-29-18-19)25-10-6-11-27-12-14-28(15-13-27)21-8-5-4-7-20(21)23;/h4-5,7-8,19H,3,6,9-18H2,1-2H3,(H,24,25);1H. The lowest BCUT2D eigenvalue weighted by atomic mass is 10.1. The average molecular weight is 550 g/mol. The van der Waals surface area contributed by atoms with E-state index in [-0.39, 0.29) is 24.0 Å². The molecular weight excluding hydrogens is 513 g/mol. The number of anilines is 1. The molecule has 0 saturated carbocycles. The van der Waals surface area contributed by atoms with Crippen LogP contribution in [0.1, 0.15) is 19.8 Å². The maximum atomic E-state index is 6.34. The number of para-hydroxylation sites is 1. The minimum Gasteiger partial charge on any atom is -0.381 e. The smallest absolute Gasteiger partial charge is 0.193 e. The van der Waals surface area contributed by atoms with Gasteiger partial charge in [0.25, 0.3) is 0 Å². The van der Waals surface area contributed by atoms with Crippen LogP contribution in [0.25, 0.3) is 0 Å². The summed E-state index contributed by atoms with van der Waals surface area (Å²) in [5, 5.41) is 4.27. The molecule has 0 bridgehead atoms. The fraction of sp³-hybridized carbons (Fsp3) is 0.682. The van der Waals surface area contributed by atoms with Gasteiger partial charge in [-0.15, -0.1) is 24.0 Å². The molecule has 2 saturated heterocycles. The third-order valence-electron chi connectivity index (χ3n) is 5.71. The normalized spacial score (nSPS) is 20.2. The lowest BCUT2D eigenvalue weighted by Gasteiger charge is -2.36. The highest BCUT2D eigenvalue weighted by Gasteiger charge is 2.20. The van der Waals surface area contributed by atoms with Crippen LogP contribution < -0.4 is 10.2 Å². The Balaban J connectivity index is 0.00000320. The van der Waals surface area contributed by atoms with E-state index in [9.17, 15) is 0 Å². The summed E-state index contributed by atoms with van der Waals surface area (Å²) in [6, 6.07) is 8.14. The number of ether oxygens (including phenoxy) is 1. The van der Waals surface area contributed by atoms with Crippen LogP contribution in [0.2, 0.25) is 5.02 Å². The van der Waals surface area contributed by atoms with E-state index in [2.05, 4.69) is 46.1 Å².